The third-order valence-electron chi connectivity index (χ3n) is 2.20. The van der Waals surface area contributed by atoms with E-state index in [1.807, 2.05) is 12.1 Å². The lowest BCUT2D eigenvalue weighted by atomic mass is 10.2. The van der Waals surface area contributed by atoms with Gasteiger partial charge < -0.3 is 9.84 Å². The van der Waals surface area contributed by atoms with Gasteiger partial charge in [0, 0.05) is 8.95 Å². The molecule has 2 aromatic rings. The van der Waals surface area contributed by atoms with Gasteiger partial charge in [0.25, 0.3) is 0 Å². The van der Waals surface area contributed by atoms with Crippen LogP contribution in [0.15, 0.2) is 51.4 Å². The summed E-state index contributed by atoms with van der Waals surface area (Å²) in [5.41, 5.74) is 0.123. The average Bonchev–Trinajstić information content (AvgIpc) is 2.28. The van der Waals surface area contributed by atoms with E-state index in [2.05, 4.69) is 31.9 Å². The molecule has 0 radical (unpaired) electrons. The molecule has 0 saturated carbocycles. The van der Waals surface area contributed by atoms with Crippen molar-refractivity contribution in [3.63, 3.8) is 0 Å². The van der Waals surface area contributed by atoms with Crippen molar-refractivity contribution in [3.05, 3.63) is 57.0 Å². The van der Waals surface area contributed by atoms with Crippen LogP contribution in [0.3, 0.4) is 0 Å². The van der Waals surface area contributed by atoms with E-state index in [0.717, 1.165) is 8.95 Å². The van der Waals surface area contributed by atoms with E-state index < -0.39 is 5.97 Å². The molecular formula is C13H8Br2O3. The normalized spacial score (nSPS) is 10.1. The maximum absolute atomic E-state index is 11.1. The summed E-state index contributed by atoms with van der Waals surface area (Å²) in [5, 5.41) is 9.08. The lowest BCUT2D eigenvalue weighted by molar-refractivity contribution is 0.0694. The van der Waals surface area contributed by atoms with E-state index >= 15 is 0 Å². The maximum atomic E-state index is 11.1. The third kappa shape index (κ3) is 3.11. The summed E-state index contributed by atoms with van der Waals surface area (Å²) < 4.78 is 7.22. The highest BCUT2D eigenvalue weighted by molar-refractivity contribution is 9.10. The molecule has 3 nitrogen and oxygen atoms in total. The Kier molecular flexibility index (Phi) is 4.04. The smallest absolute Gasteiger partial charge is 0.339 e. The summed E-state index contributed by atoms with van der Waals surface area (Å²) >= 11 is 6.62. The lowest BCUT2D eigenvalue weighted by Gasteiger charge is -2.09. The van der Waals surface area contributed by atoms with Gasteiger partial charge in [-0.3, -0.25) is 0 Å². The third-order valence-corrected chi connectivity index (χ3v) is 3.18. The molecule has 2 rings (SSSR count). The van der Waals surface area contributed by atoms with Crippen LogP contribution in [0.4, 0.5) is 0 Å². The average molecular weight is 372 g/mol. The van der Waals surface area contributed by atoms with Crippen LogP contribution in [0, 0.1) is 0 Å². The predicted molar refractivity (Wildman–Crippen MR) is 75.3 cm³/mol. The first-order valence-electron chi connectivity index (χ1n) is 5.02. The molecule has 1 N–H and O–H groups in total. The summed E-state index contributed by atoms with van der Waals surface area (Å²) in [7, 11) is 0. The van der Waals surface area contributed by atoms with E-state index in [1.54, 1.807) is 24.3 Å². The maximum Gasteiger partial charge on any atom is 0.339 e. The molecule has 2 aromatic carbocycles. The molecule has 0 aromatic heterocycles. The Morgan fingerprint density at radius 2 is 1.78 bits per heavy atom. The van der Waals surface area contributed by atoms with Crippen molar-refractivity contribution in [1.29, 1.82) is 0 Å². The second kappa shape index (κ2) is 5.54. The van der Waals surface area contributed by atoms with E-state index in [9.17, 15) is 4.79 Å². The Labute approximate surface area is 121 Å². The first-order valence-corrected chi connectivity index (χ1v) is 6.61. The van der Waals surface area contributed by atoms with Crippen molar-refractivity contribution in [3.8, 4) is 11.5 Å². The molecule has 0 aliphatic carbocycles. The molecule has 0 amide bonds. The van der Waals surface area contributed by atoms with Crippen molar-refractivity contribution in [2.45, 2.75) is 0 Å². The van der Waals surface area contributed by atoms with Gasteiger partial charge in [0.05, 0.1) is 0 Å². The number of hydrogen-bond acceptors (Lipinski definition) is 2. The van der Waals surface area contributed by atoms with Crippen molar-refractivity contribution in [2.24, 2.45) is 0 Å². The molecule has 0 fully saturated rings. The number of hydrogen-bond donors (Lipinski definition) is 1. The molecule has 18 heavy (non-hydrogen) atoms. The van der Waals surface area contributed by atoms with E-state index in [4.69, 9.17) is 9.84 Å². The minimum absolute atomic E-state index is 0.123. The van der Waals surface area contributed by atoms with Gasteiger partial charge in [-0.2, -0.15) is 0 Å². The zero-order valence-corrected chi connectivity index (χ0v) is 12.2. The Bertz CT molecular complexity index is 597. The largest absolute Gasteiger partial charge is 0.478 e. The first kappa shape index (κ1) is 13.1. The highest BCUT2D eigenvalue weighted by Crippen LogP contribution is 2.29. The molecule has 0 aliphatic rings. The number of carboxylic acid groups (broad SMARTS) is 1. The van der Waals surface area contributed by atoms with Gasteiger partial charge in [0.15, 0.2) is 0 Å². The first-order chi connectivity index (χ1) is 8.56. The molecule has 5 heteroatoms. The summed E-state index contributed by atoms with van der Waals surface area (Å²) in [5.74, 6) is -0.146. The van der Waals surface area contributed by atoms with Crippen LogP contribution in [0.2, 0.25) is 0 Å². The zero-order chi connectivity index (χ0) is 13.1. The topological polar surface area (TPSA) is 46.5 Å². The van der Waals surface area contributed by atoms with Gasteiger partial charge in [-0.05, 0) is 36.4 Å². The fourth-order valence-corrected chi connectivity index (χ4v) is 2.13. The van der Waals surface area contributed by atoms with Crippen molar-refractivity contribution < 1.29 is 14.6 Å². The quantitative estimate of drug-likeness (QED) is 0.850. The van der Waals surface area contributed by atoms with E-state index in [-0.39, 0.29) is 5.56 Å². The minimum Gasteiger partial charge on any atom is -0.478 e. The van der Waals surface area contributed by atoms with Gasteiger partial charge in [-0.1, -0.05) is 37.9 Å². The molecule has 0 spiro atoms. The minimum atomic E-state index is -1.02. The number of carboxylic acids is 1. The number of carbonyl (C=O) groups is 1. The van der Waals surface area contributed by atoms with Gasteiger partial charge in [-0.25, -0.2) is 4.79 Å². The Hall–Kier alpha value is -1.33. The van der Waals surface area contributed by atoms with Crippen LogP contribution in [0.5, 0.6) is 11.5 Å². The molecule has 92 valence electrons. The number of halogens is 2. The summed E-state index contributed by atoms with van der Waals surface area (Å²) in [6.07, 6.45) is 0. The SMILES string of the molecule is O=C(O)c1ccc(Br)cc1Oc1cccc(Br)c1. The van der Waals surface area contributed by atoms with Gasteiger partial charge in [0.2, 0.25) is 0 Å². The van der Waals surface area contributed by atoms with Crippen molar-refractivity contribution in [2.75, 3.05) is 0 Å². The van der Waals surface area contributed by atoms with Crippen molar-refractivity contribution >= 4 is 37.8 Å². The number of benzene rings is 2. The van der Waals surface area contributed by atoms with Gasteiger partial charge in [-0.15, -0.1) is 0 Å². The summed E-state index contributed by atoms with van der Waals surface area (Å²) in [6.45, 7) is 0. The Balaban J connectivity index is 2.39. The van der Waals surface area contributed by atoms with E-state index in [1.165, 1.54) is 6.07 Å². The highest BCUT2D eigenvalue weighted by atomic mass is 79.9. The number of ether oxygens (including phenoxy) is 1. The fourth-order valence-electron chi connectivity index (χ4n) is 1.41. The molecule has 0 unspecified atom stereocenters. The second-order valence-electron chi connectivity index (χ2n) is 3.51. The summed E-state index contributed by atoms with van der Waals surface area (Å²) in [4.78, 5) is 11.1. The fraction of sp³-hybridized carbons (Fsp3) is 0. The monoisotopic (exact) mass is 370 g/mol. The predicted octanol–water partition coefficient (Wildman–Crippen LogP) is 4.70. The van der Waals surface area contributed by atoms with Crippen LogP contribution in [0.1, 0.15) is 10.4 Å². The summed E-state index contributed by atoms with van der Waals surface area (Å²) in [6, 6.07) is 12.0. The molecule has 0 atom stereocenters. The van der Waals surface area contributed by atoms with Gasteiger partial charge in [0.1, 0.15) is 17.1 Å². The number of aromatic carboxylic acids is 1. The Morgan fingerprint density at radius 1 is 1.06 bits per heavy atom. The molecular weight excluding hydrogens is 364 g/mol. The molecule has 0 saturated heterocycles. The van der Waals surface area contributed by atoms with Crippen molar-refractivity contribution in [1.82, 2.24) is 0 Å². The lowest BCUT2D eigenvalue weighted by Crippen LogP contribution is -1.99. The van der Waals surface area contributed by atoms with Crippen LogP contribution in [-0.2, 0) is 0 Å². The standard InChI is InChI=1S/C13H8Br2O3/c14-8-2-1-3-10(6-8)18-12-7-9(15)4-5-11(12)13(16)17/h1-7H,(H,16,17). The highest BCUT2D eigenvalue weighted by Gasteiger charge is 2.12. The van der Waals surface area contributed by atoms with Crippen LogP contribution in [-0.4, -0.2) is 11.1 Å². The zero-order valence-electron chi connectivity index (χ0n) is 9.06. The van der Waals surface area contributed by atoms with Crippen LogP contribution < -0.4 is 4.74 Å². The second-order valence-corrected chi connectivity index (χ2v) is 5.34. The van der Waals surface area contributed by atoms with E-state index in [0.29, 0.717) is 11.5 Å². The molecule has 0 aliphatic heterocycles. The van der Waals surface area contributed by atoms with Gasteiger partial charge >= 0.3 is 5.97 Å². The van der Waals surface area contributed by atoms with Crippen LogP contribution in [0.25, 0.3) is 0 Å². The molecule has 0 bridgehead atoms. The molecule has 0 heterocycles. The Morgan fingerprint density at radius 3 is 2.44 bits per heavy atom. The number of rotatable bonds is 3. The van der Waals surface area contributed by atoms with Crippen LogP contribution >= 0.6 is 31.9 Å².